The second-order valence-electron chi connectivity index (χ2n) is 5.51. The van der Waals surface area contributed by atoms with Gasteiger partial charge in [-0.3, -0.25) is 10.1 Å². The Morgan fingerprint density at radius 3 is 2.75 bits per heavy atom. The summed E-state index contributed by atoms with van der Waals surface area (Å²) >= 11 is 0. The topological polar surface area (TPSA) is 55.2 Å². The number of nitrogens with zero attached hydrogens (tertiary/aromatic N) is 1. The average Bonchev–Trinajstić information content (AvgIpc) is 2.91. The lowest BCUT2D eigenvalue weighted by Crippen LogP contribution is -2.15. The largest absolute Gasteiger partial charge is 0.313 e. The van der Waals surface area contributed by atoms with Gasteiger partial charge < -0.3 is 5.32 Å². The van der Waals surface area contributed by atoms with Gasteiger partial charge in [0.25, 0.3) is 0 Å². The number of hydrogen-bond donors (Lipinski definition) is 1. The highest BCUT2D eigenvalue weighted by atomic mass is 19.1. The summed E-state index contributed by atoms with van der Waals surface area (Å²) in [5, 5.41) is 13.8. The fraction of sp³-hybridized carbons (Fsp3) is 0.600. The van der Waals surface area contributed by atoms with E-state index in [1.54, 1.807) is 6.07 Å². The van der Waals surface area contributed by atoms with E-state index in [1.807, 2.05) is 0 Å². The Balaban J connectivity index is 1.68. The van der Waals surface area contributed by atoms with Crippen LogP contribution in [0.4, 0.5) is 10.1 Å². The van der Waals surface area contributed by atoms with Gasteiger partial charge in [-0.1, -0.05) is 31.7 Å². The number of rotatable bonds is 7. The maximum atomic E-state index is 13.4. The summed E-state index contributed by atoms with van der Waals surface area (Å²) in [6.07, 6.45) is 7.89. The molecule has 1 aromatic carbocycles. The third-order valence-corrected chi connectivity index (χ3v) is 3.98. The van der Waals surface area contributed by atoms with Crippen molar-refractivity contribution in [2.24, 2.45) is 5.92 Å². The van der Waals surface area contributed by atoms with Crippen molar-refractivity contribution in [1.29, 1.82) is 0 Å². The minimum Gasteiger partial charge on any atom is -0.313 e. The monoisotopic (exact) mass is 280 g/mol. The zero-order valence-corrected chi connectivity index (χ0v) is 11.6. The molecule has 0 amide bonds. The summed E-state index contributed by atoms with van der Waals surface area (Å²) in [7, 11) is 0. The van der Waals surface area contributed by atoms with E-state index in [-0.39, 0.29) is 0 Å². The highest BCUT2D eigenvalue weighted by molar-refractivity contribution is 5.34. The molecule has 0 aliphatic heterocycles. The Hall–Kier alpha value is -1.49. The van der Waals surface area contributed by atoms with Crippen LogP contribution in [-0.4, -0.2) is 11.5 Å². The molecule has 1 aliphatic rings. The van der Waals surface area contributed by atoms with Crippen molar-refractivity contribution in [2.75, 3.05) is 6.54 Å². The molecule has 0 bridgehead atoms. The van der Waals surface area contributed by atoms with E-state index in [0.29, 0.717) is 6.54 Å². The maximum absolute atomic E-state index is 13.4. The number of hydrogen-bond acceptors (Lipinski definition) is 3. The number of benzene rings is 1. The zero-order chi connectivity index (χ0) is 14.4. The molecule has 1 fully saturated rings. The first-order valence-corrected chi connectivity index (χ1v) is 7.30. The molecule has 0 unspecified atom stereocenters. The van der Waals surface area contributed by atoms with Crippen LogP contribution >= 0.6 is 0 Å². The number of nitro benzene ring substituents is 1. The van der Waals surface area contributed by atoms with Crippen molar-refractivity contribution >= 4 is 5.69 Å². The van der Waals surface area contributed by atoms with E-state index in [1.165, 1.54) is 44.2 Å². The molecule has 1 saturated carbocycles. The zero-order valence-electron chi connectivity index (χ0n) is 11.6. The van der Waals surface area contributed by atoms with Crippen molar-refractivity contribution in [1.82, 2.24) is 5.32 Å². The van der Waals surface area contributed by atoms with Crippen molar-refractivity contribution in [3.05, 3.63) is 39.7 Å². The average molecular weight is 280 g/mol. The maximum Gasteiger partial charge on any atom is 0.304 e. The fourth-order valence-corrected chi connectivity index (χ4v) is 2.86. The summed E-state index contributed by atoms with van der Waals surface area (Å²) in [4.78, 5) is 9.81. The van der Waals surface area contributed by atoms with Gasteiger partial charge >= 0.3 is 5.69 Å². The number of nitrogens with one attached hydrogen (secondary N) is 1. The van der Waals surface area contributed by atoms with Crippen LogP contribution in [-0.2, 0) is 6.54 Å². The van der Waals surface area contributed by atoms with E-state index >= 15 is 0 Å². The van der Waals surface area contributed by atoms with Crippen LogP contribution in [0.5, 0.6) is 0 Å². The molecule has 0 radical (unpaired) electrons. The standard InChI is InChI=1S/C15H21FN2O2/c16-14-10-13(7-8-15(14)18(19)20)11-17-9-3-6-12-4-1-2-5-12/h7-8,10,12,17H,1-6,9,11H2. The van der Waals surface area contributed by atoms with Gasteiger partial charge in [0.05, 0.1) is 4.92 Å². The van der Waals surface area contributed by atoms with Crippen LogP contribution in [0.1, 0.15) is 44.1 Å². The van der Waals surface area contributed by atoms with E-state index < -0.39 is 16.4 Å². The Morgan fingerprint density at radius 1 is 1.35 bits per heavy atom. The van der Waals surface area contributed by atoms with Gasteiger partial charge in [-0.2, -0.15) is 4.39 Å². The molecule has 5 heteroatoms. The quantitative estimate of drug-likeness (QED) is 0.469. The van der Waals surface area contributed by atoms with E-state index in [9.17, 15) is 14.5 Å². The van der Waals surface area contributed by atoms with Crippen LogP contribution in [0.15, 0.2) is 18.2 Å². The summed E-state index contributed by atoms with van der Waals surface area (Å²) in [5.74, 6) is 0.133. The predicted molar refractivity (Wildman–Crippen MR) is 76.0 cm³/mol. The molecule has 2 rings (SSSR count). The van der Waals surface area contributed by atoms with Crippen molar-refractivity contribution in [2.45, 2.75) is 45.1 Å². The second-order valence-corrected chi connectivity index (χ2v) is 5.51. The fourth-order valence-electron chi connectivity index (χ4n) is 2.86. The highest BCUT2D eigenvalue weighted by Crippen LogP contribution is 2.28. The van der Waals surface area contributed by atoms with Crippen LogP contribution in [0.25, 0.3) is 0 Å². The molecule has 20 heavy (non-hydrogen) atoms. The lowest BCUT2D eigenvalue weighted by atomic mass is 10.0. The normalized spacial score (nSPS) is 15.7. The summed E-state index contributed by atoms with van der Waals surface area (Å²) in [6, 6.07) is 4.07. The van der Waals surface area contributed by atoms with E-state index in [0.717, 1.165) is 24.4 Å². The summed E-state index contributed by atoms with van der Waals surface area (Å²) < 4.78 is 13.4. The Kier molecular flexibility index (Phi) is 5.47. The van der Waals surface area contributed by atoms with Gasteiger partial charge in [0.2, 0.25) is 5.82 Å². The minimum atomic E-state index is -0.764. The minimum absolute atomic E-state index is 0.463. The first-order chi connectivity index (χ1) is 9.66. The Morgan fingerprint density at radius 2 is 2.10 bits per heavy atom. The van der Waals surface area contributed by atoms with Crippen LogP contribution in [0.2, 0.25) is 0 Å². The SMILES string of the molecule is O=[N+]([O-])c1ccc(CNCCCC2CCCC2)cc1F. The molecule has 0 aromatic heterocycles. The van der Waals surface area contributed by atoms with Gasteiger partial charge in [-0.15, -0.1) is 0 Å². The third kappa shape index (κ3) is 4.27. The highest BCUT2D eigenvalue weighted by Gasteiger charge is 2.14. The lowest BCUT2D eigenvalue weighted by molar-refractivity contribution is -0.387. The number of halogens is 1. The second kappa shape index (κ2) is 7.33. The molecule has 0 atom stereocenters. The Labute approximate surface area is 118 Å². The lowest BCUT2D eigenvalue weighted by Gasteiger charge is -2.09. The van der Waals surface area contributed by atoms with E-state index in [2.05, 4.69) is 5.32 Å². The van der Waals surface area contributed by atoms with Crippen LogP contribution in [0.3, 0.4) is 0 Å². The van der Waals surface area contributed by atoms with Crippen LogP contribution < -0.4 is 5.32 Å². The summed E-state index contributed by atoms with van der Waals surface area (Å²) in [6.45, 7) is 1.47. The summed E-state index contributed by atoms with van der Waals surface area (Å²) in [5.41, 5.74) is 0.281. The number of nitro groups is 1. The smallest absolute Gasteiger partial charge is 0.304 e. The molecule has 1 N–H and O–H groups in total. The van der Waals surface area contributed by atoms with E-state index in [4.69, 9.17) is 0 Å². The molecular weight excluding hydrogens is 259 g/mol. The molecule has 1 aliphatic carbocycles. The van der Waals surface area contributed by atoms with Crippen LogP contribution in [0, 0.1) is 21.8 Å². The van der Waals surface area contributed by atoms with Gasteiger partial charge in [0.1, 0.15) is 0 Å². The first-order valence-electron chi connectivity index (χ1n) is 7.30. The van der Waals surface area contributed by atoms with Crippen molar-refractivity contribution in [3.63, 3.8) is 0 Å². The molecule has 0 spiro atoms. The molecule has 1 aromatic rings. The van der Waals surface area contributed by atoms with Gasteiger partial charge in [-0.25, -0.2) is 0 Å². The molecule has 0 saturated heterocycles. The molecule has 0 heterocycles. The van der Waals surface area contributed by atoms with Gasteiger partial charge in [0.15, 0.2) is 0 Å². The Bertz CT molecular complexity index is 459. The molecular formula is C15H21FN2O2. The van der Waals surface area contributed by atoms with Gasteiger partial charge in [0, 0.05) is 12.6 Å². The third-order valence-electron chi connectivity index (χ3n) is 3.98. The van der Waals surface area contributed by atoms with Gasteiger partial charge in [-0.05, 0) is 36.9 Å². The predicted octanol–water partition coefficient (Wildman–Crippen LogP) is 3.79. The first kappa shape index (κ1) is 14.9. The van der Waals surface area contributed by atoms with Crippen molar-refractivity contribution in [3.8, 4) is 0 Å². The molecule has 110 valence electrons. The molecule has 4 nitrogen and oxygen atoms in total. The van der Waals surface area contributed by atoms with Crippen molar-refractivity contribution < 1.29 is 9.31 Å².